The number of hydrogen-bond donors (Lipinski definition) is 0. The van der Waals surface area contributed by atoms with Gasteiger partial charge < -0.3 is 4.74 Å². The van der Waals surface area contributed by atoms with E-state index < -0.39 is 0 Å². The predicted molar refractivity (Wildman–Crippen MR) is 133 cm³/mol. The molecule has 4 aliphatic carbocycles. The number of carbonyl (C=O) groups is 1. The Morgan fingerprint density at radius 2 is 1.84 bits per heavy atom. The number of rotatable bonds is 7. The molecule has 0 radical (unpaired) electrons. The van der Waals surface area contributed by atoms with E-state index in [-0.39, 0.29) is 12.1 Å². The van der Waals surface area contributed by atoms with E-state index >= 15 is 0 Å². The Bertz CT molecular complexity index is 708. The predicted octanol–water partition coefficient (Wildman–Crippen LogP) is 8.35. The smallest absolute Gasteiger partial charge is 0.305 e. The van der Waals surface area contributed by atoms with E-state index in [0.29, 0.717) is 17.3 Å². The van der Waals surface area contributed by atoms with Crippen LogP contribution in [0, 0.1) is 46.3 Å². The molecule has 0 aliphatic heterocycles. The highest BCUT2D eigenvalue weighted by Gasteiger charge is 2.59. The van der Waals surface area contributed by atoms with Gasteiger partial charge in [-0.25, -0.2) is 0 Å². The first-order valence-electron chi connectivity index (χ1n) is 14.1. The van der Waals surface area contributed by atoms with Crippen LogP contribution in [-0.2, 0) is 9.53 Å². The largest absolute Gasteiger partial charge is 0.462 e. The summed E-state index contributed by atoms with van der Waals surface area (Å²) >= 11 is 0. The van der Waals surface area contributed by atoms with Crippen molar-refractivity contribution in [3.63, 3.8) is 0 Å². The van der Waals surface area contributed by atoms with Gasteiger partial charge in [0.25, 0.3) is 0 Å². The third-order valence-electron chi connectivity index (χ3n) is 10.8. The fourth-order valence-electron chi connectivity index (χ4n) is 9.02. The second-order valence-electron chi connectivity index (χ2n) is 13.0. The maximum absolute atomic E-state index is 11.9. The standard InChI is InChI=1S/C30H50O2/c1-7-28(31)32-23-15-17-29(5)22(19-23)11-12-24-26-14-13-25(21(4)10-8-9-20(2)3)30(26,6)18-16-27(24)29/h11,20-21,23-27H,7-10,12-19H2,1-6H3/t21-,23?,24?,25?,26+,27+,29+,30-/m1/s1. The lowest BCUT2D eigenvalue weighted by atomic mass is 9.47. The summed E-state index contributed by atoms with van der Waals surface area (Å²) in [6.45, 7) is 14.5. The summed E-state index contributed by atoms with van der Waals surface area (Å²) in [6, 6.07) is 0. The van der Waals surface area contributed by atoms with Gasteiger partial charge in [0, 0.05) is 12.8 Å². The zero-order valence-corrected chi connectivity index (χ0v) is 21.9. The molecule has 3 fully saturated rings. The number of hydrogen-bond acceptors (Lipinski definition) is 2. The van der Waals surface area contributed by atoms with Gasteiger partial charge in [-0.1, -0.05) is 72.5 Å². The van der Waals surface area contributed by atoms with Crippen LogP contribution in [0.5, 0.6) is 0 Å². The van der Waals surface area contributed by atoms with E-state index in [1.165, 1.54) is 57.8 Å². The van der Waals surface area contributed by atoms with Crippen molar-refractivity contribution in [2.24, 2.45) is 46.3 Å². The molecular weight excluding hydrogens is 392 g/mol. The molecule has 0 aromatic carbocycles. The molecule has 2 nitrogen and oxygen atoms in total. The molecule has 3 saturated carbocycles. The minimum Gasteiger partial charge on any atom is -0.462 e. The minimum atomic E-state index is -0.0270. The van der Waals surface area contributed by atoms with E-state index in [0.717, 1.165) is 48.3 Å². The van der Waals surface area contributed by atoms with Gasteiger partial charge >= 0.3 is 5.97 Å². The number of esters is 1. The third kappa shape index (κ3) is 4.34. The zero-order valence-electron chi connectivity index (χ0n) is 21.9. The summed E-state index contributed by atoms with van der Waals surface area (Å²) in [7, 11) is 0. The molecule has 0 saturated heterocycles. The van der Waals surface area contributed by atoms with E-state index in [1.54, 1.807) is 5.57 Å². The first kappa shape index (κ1) is 24.3. The summed E-state index contributed by atoms with van der Waals surface area (Å²) in [6.07, 6.45) is 17.8. The second-order valence-corrected chi connectivity index (χ2v) is 13.0. The first-order chi connectivity index (χ1) is 15.2. The van der Waals surface area contributed by atoms with Crippen LogP contribution in [0.2, 0.25) is 0 Å². The highest BCUT2D eigenvalue weighted by Crippen LogP contribution is 2.67. The molecule has 0 aromatic rings. The number of fused-ring (bicyclic) bond motifs is 5. The Labute approximate surface area is 198 Å². The summed E-state index contributed by atoms with van der Waals surface area (Å²) in [5.74, 6) is 5.28. The van der Waals surface area contributed by atoms with Gasteiger partial charge in [-0.2, -0.15) is 0 Å². The molecule has 4 rings (SSSR count). The highest BCUT2D eigenvalue weighted by molar-refractivity contribution is 5.69. The maximum atomic E-state index is 11.9. The SMILES string of the molecule is CCC(=O)OC1CC[C@@]2(C)C(=CCC3[C@@H]2CC[C@]2(C)C([C@H](C)CCCC(C)C)CC[C@@H]32)C1. The van der Waals surface area contributed by atoms with Gasteiger partial charge in [-0.05, 0) is 91.3 Å². The van der Waals surface area contributed by atoms with Gasteiger partial charge in [-0.3, -0.25) is 4.79 Å². The molecule has 8 atom stereocenters. The molecular formula is C30H50O2. The fraction of sp³-hybridized carbons (Fsp3) is 0.900. The topological polar surface area (TPSA) is 26.3 Å². The molecule has 4 aliphatic rings. The number of carbonyl (C=O) groups excluding carboxylic acids is 1. The molecule has 0 bridgehead atoms. The first-order valence-corrected chi connectivity index (χ1v) is 14.1. The number of ether oxygens (including phenoxy) is 1. The molecule has 3 unspecified atom stereocenters. The third-order valence-corrected chi connectivity index (χ3v) is 10.8. The average molecular weight is 443 g/mol. The molecule has 2 heteroatoms. The van der Waals surface area contributed by atoms with Crippen molar-refractivity contribution in [3.05, 3.63) is 11.6 Å². The number of allylic oxidation sites excluding steroid dienone is 1. The molecule has 32 heavy (non-hydrogen) atoms. The fourth-order valence-corrected chi connectivity index (χ4v) is 9.02. The Hall–Kier alpha value is -0.790. The summed E-state index contributed by atoms with van der Waals surface area (Å²) in [4.78, 5) is 11.9. The van der Waals surface area contributed by atoms with Crippen molar-refractivity contribution < 1.29 is 9.53 Å². The summed E-state index contributed by atoms with van der Waals surface area (Å²) < 4.78 is 5.76. The van der Waals surface area contributed by atoms with Crippen LogP contribution < -0.4 is 0 Å². The maximum Gasteiger partial charge on any atom is 0.305 e. The van der Waals surface area contributed by atoms with Crippen LogP contribution in [-0.4, -0.2) is 12.1 Å². The lowest BCUT2D eigenvalue weighted by Crippen LogP contribution is -2.51. The van der Waals surface area contributed by atoms with Gasteiger partial charge in [0.05, 0.1) is 0 Å². The van der Waals surface area contributed by atoms with E-state index in [2.05, 4.69) is 40.7 Å². The van der Waals surface area contributed by atoms with Gasteiger partial charge in [0.1, 0.15) is 6.10 Å². The lowest BCUT2D eigenvalue weighted by Gasteiger charge is -2.58. The van der Waals surface area contributed by atoms with Crippen LogP contribution in [0.3, 0.4) is 0 Å². The van der Waals surface area contributed by atoms with Gasteiger partial charge in [0.15, 0.2) is 0 Å². The Balaban J connectivity index is 1.45. The van der Waals surface area contributed by atoms with Crippen molar-refractivity contribution in [2.75, 3.05) is 0 Å². The highest BCUT2D eigenvalue weighted by atomic mass is 16.5. The van der Waals surface area contributed by atoms with E-state index in [4.69, 9.17) is 4.74 Å². The van der Waals surface area contributed by atoms with Crippen LogP contribution >= 0.6 is 0 Å². The van der Waals surface area contributed by atoms with Crippen LogP contribution in [0.25, 0.3) is 0 Å². The minimum absolute atomic E-state index is 0.0270. The van der Waals surface area contributed by atoms with Gasteiger partial charge in [0.2, 0.25) is 0 Å². The monoisotopic (exact) mass is 442 g/mol. The molecule has 0 N–H and O–H groups in total. The van der Waals surface area contributed by atoms with Crippen LogP contribution in [0.4, 0.5) is 0 Å². The molecule has 0 aromatic heterocycles. The van der Waals surface area contributed by atoms with Crippen molar-refractivity contribution in [1.82, 2.24) is 0 Å². The summed E-state index contributed by atoms with van der Waals surface area (Å²) in [5, 5.41) is 0. The van der Waals surface area contributed by atoms with Crippen molar-refractivity contribution in [1.29, 1.82) is 0 Å². The summed E-state index contributed by atoms with van der Waals surface area (Å²) in [5.41, 5.74) is 2.54. The van der Waals surface area contributed by atoms with Crippen molar-refractivity contribution >= 4 is 5.97 Å². The zero-order chi connectivity index (χ0) is 23.1. The van der Waals surface area contributed by atoms with Crippen molar-refractivity contribution in [2.45, 2.75) is 125 Å². The van der Waals surface area contributed by atoms with Crippen molar-refractivity contribution in [3.8, 4) is 0 Å². The van der Waals surface area contributed by atoms with Crippen LogP contribution in [0.15, 0.2) is 11.6 Å². The lowest BCUT2D eigenvalue weighted by molar-refractivity contribution is -0.151. The molecule has 0 spiro atoms. The van der Waals surface area contributed by atoms with Gasteiger partial charge in [-0.15, -0.1) is 0 Å². The Kier molecular flexibility index (Phi) is 7.19. The Morgan fingerprint density at radius 1 is 1.06 bits per heavy atom. The second kappa shape index (κ2) is 9.46. The molecule has 0 amide bonds. The normalized spacial score (nSPS) is 42.0. The average Bonchev–Trinajstić information content (AvgIpc) is 3.11. The van der Waals surface area contributed by atoms with E-state index in [1.807, 2.05) is 6.92 Å². The van der Waals surface area contributed by atoms with Crippen LogP contribution in [0.1, 0.15) is 119 Å². The molecule has 182 valence electrons. The Morgan fingerprint density at radius 3 is 2.56 bits per heavy atom. The van der Waals surface area contributed by atoms with E-state index in [9.17, 15) is 4.79 Å². The molecule has 0 heterocycles. The quantitative estimate of drug-likeness (QED) is 0.292.